The molecule has 0 unspecified atom stereocenters. The SMILES string of the molecule is N#CCCN(C(=O)COC(=O)C1CCN(S(=O)(=O)c2cccc(Cl)c2Cl)CC1)c1ccccc1F. The Labute approximate surface area is 212 Å². The van der Waals surface area contributed by atoms with Crippen LogP contribution in [0.4, 0.5) is 10.1 Å². The Morgan fingerprint density at radius 3 is 2.49 bits per heavy atom. The number of hydrogen-bond donors (Lipinski definition) is 0. The minimum Gasteiger partial charge on any atom is -0.455 e. The molecule has 0 aliphatic carbocycles. The lowest BCUT2D eigenvalue weighted by Gasteiger charge is -2.30. The van der Waals surface area contributed by atoms with Crippen LogP contribution < -0.4 is 4.90 Å². The van der Waals surface area contributed by atoms with Gasteiger partial charge in [0.05, 0.1) is 34.1 Å². The molecule has 1 aliphatic rings. The third-order valence-electron chi connectivity index (χ3n) is 5.55. The number of amides is 1. The molecule has 0 radical (unpaired) electrons. The lowest BCUT2D eigenvalue weighted by Crippen LogP contribution is -2.41. The number of nitriles is 1. The van der Waals surface area contributed by atoms with Gasteiger partial charge in [0.25, 0.3) is 5.91 Å². The fraction of sp³-hybridized carbons (Fsp3) is 0.348. The van der Waals surface area contributed by atoms with Crippen LogP contribution in [0.2, 0.25) is 10.0 Å². The summed E-state index contributed by atoms with van der Waals surface area (Å²) in [5.41, 5.74) is -0.0120. The van der Waals surface area contributed by atoms with Gasteiger partial charge in [-0.25, -0.2) is 12.8 Å². The molecule has 1 amide bonds. The highest BCUT2D eigenvalue weighted by atomic mass is 35.5. The van der Waals surface area contributed by atoms with Gasteiger partial charge in [0.1, 0.15) is 10.7 Å². The summed E-state index contributed by atoms with van der Waals surface area (Å²) in [5, 5.41) is 8.91. The van der Waals surface area contributed by atoms with Crippen molar-refractivity contribution in [3.63, 3.8) is 0 Å². The van der Waals surface area contributed by atoms with Crippen molar-refractivity contribution in [1.82, 2.24) is 4.31 Å². The van der Waals surface area contributed by atoms with Crippen LogP contribution in [0.3, 0.4) is 0 Å². The highest BCUT2D eigenvalue weighted by molar-refractivity contribution is 7.89. The highest BCUT2D eigenvalue weighted by Crippen LogP contribution is 2.32. The minimum absolute atomic E-state index is 0.0120. The number of nitrogens with zero attached hydrogens (tertiary/aromatic N) is 3. The van der Waals surface area contributed by atoms with E-state index in [0.29, 0.717) is 0 Å². The number of esters is 1. The molecule has 0 atom stereocenters. The zero-order valence-corrected chi connectivity index (χ0v) is 20.8. The molecule has 12 heteroatoms. The van der Waals surface area contributed by atoms with Gasteiger partial charge in [-0.05, 0) is 37.1 Å². The first-order valence-corrected chi connectivity index (χ1v) is 12.9. The Hall–Kier alpha value is -2.71. The van der Waals surface area contributed by atoms with Crippen LogP contribution in [0.25, 0.3) is 0 Å². The molecule has 1 fully saturated rings. The van der Waals surface area contributed by atoms with Gasteiger partial charge in [-0.15, -0.1) is 0 Å². The van der Waals surface area contributed by atoms with Gasteiger partial charge in [-0.3, -0.25) is 9.59 Å². The van der Waals surface area contributed by atoms with E-state index in [0.717, 1.165) is 4.90 Å². The predicted molar refractivity (Wildman–Crippen MR) is 128 cm³/mol. The van der Waals surface area contributed by atoms with Crippen molar-refractivity contribution in [1.29, 1.82) is 5.26 Å². The topological polar surface area (TPSA) is 108 Å². The first-order chi connectivity index (χ1) is 16.7. The molecular weight excluding hydrogens is 520 g/mol. The fourth-order valence-electron chi connectivity index (χ4n) is 3.69. The lowest BCUT2D eigenvalue weighted by molar-refractivity contribution is -0.153. The second-order valence-corrected chi connectivity index (χ2v) is 10.4. The monoisotopic (exact) mass is 541 g/mol. The fourth-order valence-corrected chi connectivity index (χ4v) is 5.90. The zero-order valence-electron chi connectivity index (χ0n) is 18.5. The maximum atomic E-state index is 14.2. The summed E-state index contributed by atoms with van der Waals surface area (Å²) in [6, 6.07) is 11.8. The summed E-state index contributed by atoms with van der Waals surface area (Å²) >= 11 is 12.0. The van der Waals surface area contributed by atoms with Crippen molar-refractivity contribution >= 4 is 50.8 Å². The number of halogens is 3. The van der Waals surface area contributed by atoms with Gasteiger partial charge in [0, 0.05) is 19.6 Å². The molecule has 8 nitrogen and oxygen atoms in total. The summed E-state index contributed by atoms with van der Waals surface area (Å²) in [7, 11) is -3.90. The van der Waals surface area contributed by atoms with Crippen LogP contribution in [0.1, 0.15) is 19.3 Å². The molecule has 35 heavy (non-hydrogen) atoms. The molecular formula is C23H22Cl2FN3O5S. The Kier molecular flexibility index (Phi) is 9.08. The van der Waals surface area contributed by atoms with E-state index in [2.05, 4.69) is 0 Å². The molecule has 0 N–H and O–H groups in total. The molecule has 3 rings (SSSR count). The second kappa shape index (κ2) is 11.8. The number of carbonyl (C=O) groups excluding carboxylic acids is 2. The lowest BCUT2D eigenvalue weighted by atomic mass is 9.98. The van der Waals surface area contributed by atoms with Gasteiger partial charge in [-0.2, -0.15) is 9.57 Å². The van der Waals surface area contributed by atoms with E-state index >= 15 is 0 Å². The van der Waals surface area contributed by atoms with Crippen LogP contribution in [-0.2, 0) is 24.3 Å². The Bertz CT molecular complexity index is 1240. The van der Waals surface area contributed by atoms with Gasteiger partial charge in [-0.1, -0.05) is 41.4 Å². The second-order valence-electron chi connectivity index (χ2n) is 7.74. The van der Waals surface area contributed by atoms with E-state index in [1.54, 1.807) is 6.07 Å². The third kappa shape index (κ3) is 6.30. The van der Waals surface area contributed by atoms with Gasteiger partial charge in [0.15, 0.2) is 6.61 Å². The average molecular weight is 542 g/mol. The minimum atomic E-state index is -3.90. The van der Waals surface area contributed by atoms with Crippen molar-refractivity contribution in [2.75, 3.05) is 31.1 Å². The van der Waals surface area contributed by atoms with E-state index in [1.807, 2.05) is 6.07 Å². The first kappa shape index (κ1) is 26.9. The summed E-state index contributed by atoms with van der Waals surface area (Å²) < 4.78 is 46.4. The van der Waals surface area contributed by atoms with Crippen molar-refractivity contribution in [3.05, 3.63) is 58.3 Å². The van der Waals surface area contributed by atoms with Crippen molar-refractivity contribution in [3.8, 4) is 6.07 Å². The van der Waals surface area contributed by atoms with Crippen molar-refractivity contribution in [2.45, 2.75) is 24.2 Å². The van der Waals surface area contributed by atoms with Crippen LogP contribution >= 0.6 is 23.2 Å². The van der Waals surface area contributed by atoms with Gasteiger partial charge in [0.2, 0.25) is 10.0 Å². The Morgan fingerprint density at radius 1 is 1.14 bits per heavy atom. The quantitative estimate of drug-likeness (QED) is 0.467. The van der Waals surface area contributed by atoms with E-state index < -0.39 is 40.2 Å². The summed E-state index contributed by atoms with van der Waals surface area (Å²) in [5.74, 6) is -2.57. The largest absolute Gasteiger partial charge is 0.455 e. The van der Waals surface area contributed by atoms with Gasteiger partial charge >= 0.3 is 5.97 Å². The molecule has 0 saturated carbocycles. The number of carbonyl (C=O) groups is 2. The van der Waals surface area contributed by atoms with Crippen LogP contribution in [0, 0.1) is 23.1 Å². The highest BCUT2D eigenvalue weighted by Gasteiger charge is 2.34. The predicted octanol–water partition coefficient (Wildman–Crippen LogP) is 4.02. The number of ether oxygens (including phenoxy) is 1. The van der Waals surface area contributed by atoms with E-state index in [1.165, 1.54) is 40.7 Å². The standard InChI is InChI=1S/C23H22Cl2FN3O5S/c24-17-5-3-8-20(22(17)25)35(32,33)28-13-9-16(10-14-28)23(31)34-15-21(30)29(12-4-11-27)19-7-2-1-6-18(19)26/h1-3,5-8,16H,4,9-10,12-15H2. The molecule has 1 aliphatic heterocycles. The number of anilines is 1. The van der Waals surface area contributed by atoms with Gasteiger partial charge < -0.3 is 9.64 Å². The average Bonchev–Trinajstić information content (AvgIpc) is 2.85. The summed E-state index contributed by atoms with van der Waals surface area (Å²) in [4.78, 5) is 26.2. The number of sulfonamides is 1. The smallest absolute Gasteiger partial charge is 0.309 e. The van der Waals surface area contributed by atoms with E-state index in [9.17, 15) is 22.4 Å². The summed E-state index contributed by atoms with van der Waals surface area (Å²) in [6.45, 7) is -0.573. The Morgan fingerprint density at radius 2 is 1.83 bits per heavy atom. The number of benzene rings is 2. The van der Waals surface area contributed by atoms with Crippen LogP contribution in [-0.4, -0.2) is 50.8 Å². The normalized spacial score (nSPS) is 14.8. The number of para-hydroxylation sites is 1. The first-order valence-electron chi connectivity index (χ1n) is 10.7. The molecule has 2 aromatic carbocycles. The molecule has 186 valence electrons. The van der Waals surface area contributed by atoms with Crippen molar-refractivity contribution < 1.29 is 27.1 Å². The third-order valence-corrected chi connectivity index (χ3v) is 8.42. The maximum absolute atomic E-state index is 14.2. The Balaban J connectivity index is 1.59. The number of piperidine rings is 1. The van der Waals surface area contributed by atoms with Crippen LogP contribution in [0.5, 0.6) is 0 Å². The molecule has 1 heterocycles. The zero-order chi connectivity index (χ0) is 25.6. The maximum Gasteiger partial charge on any atom is 0.309 e. The molecule has 1 saturated heterocycles. The molecule has 2 aromatic rings. The number of rotatable bonds is 8. The number of hydrogen-bond acceptors (Lipinski definition) is 6. The van der Waals surface area contributed by atoms with Crippen molar-refractivity contribution in [2.24, 2.45) is 5.92 Å². The molecule has 0 aromatic heterocycles. The molecule has 0 bridgehead atoms. The summed E-state index contributed by atoms with van der Waals surface area (Å²) in [6.07, 6.45) is 0.351. The van der Waals surface area contributed by atoms with E-state index in [4.69, 9.17) is 33.2 Å². The molecule has 0 spiro atoms. The van der Waals surface area contributed by atoms with Crippen LogP contribution in [0.15, 0.2) is 47.4 Å². The van der Waals surface area contributed by atoms with E-state index in [-0.39, 0.29) is 59.5 Å².